The summed E-state index contributed by atoms with van der Waals surface area (Å²) < 4.78 is 0. The van der Waals surface area contributed by atoms with Gasteiger partial charge in [0.25, 0.3) is 0 Å². The Kier molecular flexibility index (Phi) is 5.36. The number of aliphatic hydroxyl groups excluding tert-OH is 1. The Morgan fingerprint density at radius 1 is 1.00 bits per heavy atom. The van der Waals surface area contributed by atoms with Crippen LogP contribution in [0.5, 0.6) is 0 Å². The molecule has 3 fully saturated rings. The number of nitrogens with zero attached hydrogens (tertiary/aromatic N) is 1. The van der Waals surface area contributed by atoms with Gasteiger partial charge < -0.3 is 15.3 Å². The third kappa shape index (κ3) is 3.55. The van der Waals surface area contributed by atoms with Crippen molar-refractivity contribution in [1.82, 2.24) is 10.2 Å². The van der Waals surface area contributed by atoms with E-state index in [-0.39, 0.29) is 0 Å². The zero-order valence-corrected chi connectivity index (χ0v) is 12.9. The van der Waals surface area contributed by atoms with E-state index < -0.39 is 0 Å². The molecule has 1 saturated carbocycles. The van der Waals surface area contributed by atoms with Crippen molar-refractivity contribution in [1.29, 1.82) is 0 Å². The number of piperidine rings is 1. The smallest absolute Gasteiger partial charge is 0.0445 e. The molecular formula is C17H32N2O. The van der Waals surface area contributed by atoms with Crippen LogP contribution >= 0.6 is 0 Å². The fourth-order valence-electron chi connectivity index (χ4n) is 4.81. The maximum absolute atomic E-state index is 9.40. The summed E-state index contributed by atoms with van der Waals surface area (Å²) in [5, 5.41) is 13.4. The highest BCUT2D eigenvalue weighted by atomic mass is 16.3. The second kappa shape index (κ2) is 7.24. The average molecular weight is 280 g/mol. The molecule has 3 nitrogen and oxygen atoms in total. The standard InChI is InChI=1S/C17H32N2O/c20-12-9-17(14-5-2-1-3-6-14)18-15-8-11-19-10-4-7-16(19)13-15/h14-18,20H,1-13H2. The van der Waals surface area contributed by atoms with Crippen molar-refractivity contribution in [3.8, 4) is 0 Å². The van der Waals surface area contributed by atoms with Gasteiger partial charge in [-0.15, -0.1) is 0 Å². The summed E-state index contributed by atoms with van der Waals surface area (Å²) in [7, 11) is 0. The summed E-state index contributed by atoms with van der Waals surface area (Å²) in [6.45, 7) is 2.97. The van der Waals surface area contributed by atoms with Gasteiger partial charge in [0.05, 0.1) is 0 Å². The van der Waals surface area contributed by atoms with Crippen molar-refractivity contribution in [3.05, 3.63) is 0 Å². The van der Waals surface area contributed by atoms with E-state index in [0.717, 1.165) is 18.4 Å². The van der Waals surface area contributed by atoms with E-state index in [2.05, 4.69) is 10.2 Å². The molecule has 0 aromatic rings. The van der Waals surface area contributed by atoms with Gasteiger partial charge in [0.1, 0.15) is 0 Å². The summed E-state index contributed by atoms with van der Waals surface area (Å²) in [6, 6.07) is 2.12. The number of fused-ring (bicyclic) bond motifs is 1. The first-order chi connectivity index (χ1) is 9.86. The Morgan fingerprint density at radius 3 is 2.65 bits per heavy atom. The number of rotatable bonds is 5. The van der Waals surface area contributed by atoms with Crippen LogP contribution in [0.25, 0.3) is 0 Å². The van der Waals surface area contributed by atoms with E-state index in [0.29, 0.717) is 18.7 Å². The third-order valence-electron chi connectivity index (χ3n) is 5.93. The second-order valence-electron chi connectivity index (χ2n) is 7.24. The van der Waals surface area contributed by atoms with E-state index in [4.69, 9.17) is 0 Å². The van der Waals surface area contributed by atoms with Crippen molar-refractivity contribution in [3.63, 3.8) is 0 Å². The predicted octanol–water partition coefficient (Wildman–Crippen LogP) is 2.53. The monoisotopic (exact) mass is 280 g/mol. The molecule has 1 aliphatic carbocycles. The summed E-state index contributed by atoms with van der Waals surface area (Å²) in [5.41, 5.74) is 0. The van der Waals surface area contributed by atoms with Crippen LogP contribution in [0.4, 0.5) is 0 Å². The van der Waals surface area contributed by atoms with E-state index in [1.807, 2.05) is 0 Å². The highest BCUT2D eigenvalue weighted by molar-refractivity contribution is 4.91. The lowest BCUT2D eigenvalue weighted by Crippen LogP contribution is -2.50. The molecule has 20 heavy (non-hydrogen) atoms. The van der Waals surface area contributed by atoms with Gasteiger partial charge in [0.15, 0.2) is 0 Å². The van der Waals surface area contributed by atoms with Gasteiger partial charge in [-0.2, -0.15) is 0 Å². The average Bonchev–Trinajstić information content (AvgIpc) is 2.95. The molecule has 0 bridgehead atoms. The Hall–Kier alpha value is -0.120. The molecule has 116 valence electrons. The molecule has 3 unspecified atom stereocenters. The summed E-state index contributed by atoms with van der Waals surface area (Å²) in [5.74, 6) is 0.817. The number of aliphatic hydroxyl groups is 1. The minimum atomic E-state index is 0.344. The summed E-state index contributed by atoms with van der Waals surface area (Å²) in [4.78, 5) is 2.69. The van der Waals surface area contributed by atoms with Gasteiger partial charge in [0, 0.05) is 24.7 Å². The molecule has 3 rings (SSSR count). The minimum absolute atomic E-state index is 0.344. The van der Waals surface area contributed by atoms with Gasteiger partial charge in [-0.05, 0) is 64.0 Å². The highest BCUT2D eigenvalue weighted by Crippen LogP contribution is 2.31. The molecule has 2 N–H and O–H groups in total. The molecule has 0 radical (unpaired) electrons. The lowest BCUT2D eigenvalue weighted by Gasteiger charge is -2.39. The van der Waals surface area contributed by atoms with Gasteiger partial charge in [-0.3, -0.25) is 0 Å². The van der Waals surface area contributed by atoms with Crippen LogP contribution in [0, 0.1) is 5.92 Å². The Morgan fingerprint density at radius 2 is 1.85 bits per heavy atom. The van der Waals surface area contributed by atoms with Crippen LogP contribution in [0.3, 0.4) is 0 Å². The fourth-order valence-corrected chi connectivity index (χ4v) is 4.81. The van der Waals surface area contributed by atoms with Crippen molar-refractivity contribution >= 4 is 0 Å². The van der Waals surface area contributed by atoms with Crippen LogP contribution in [0.15, 0.2) is 0 Å². The Labute approximate surface area is 124 Å². The van der Waals surface area contributed by atoms with Crippen molar-refractivity contribution in [2.24, 2.45) is 5.92 Å². The molecule has 2 saturated heterocycles. The SMILES string of the molecule is OCCC(NC1CCN2CCCC2C1)C1CCCCC1. The second-order valence-corrected chi connectivity index (χ2v) is 7.24. The lowest BCUT2D eigenvalue weighted by molar-refractivity contribution is 0.137. The zero-order valence-electron chi connectivity index (χ0n) is 12.9. The maximum atomic E-state index is 9.40. The molecule has 0 aromatic carbocycles. The quantitative estimate of drug-likeness (QED) is 0.812. The zero-order chi connectivity index (χ0) is 13.8. The highest BCUT2D eigenvalue weighted by Gasteiger charge is 2.33. The van der Waals surface area contributed by atoms with Crippen molar-refractivity contribution in [2.45, 2.75) is 82.3 Å². The molecule has 3 aliphatic rings. The molecule has 0 spiro atoms. The topological polar surface area (TPSA) is 35.5 Å². The first kappa shape index (κ1) is 14.8. The van der Waals surface area contributed by atoms with E-state index >= 15 is 0 Å². The maximum Gasteiger partial charge on any atom is 0.0445 e. The molecule has 0 aromatic heterocycles. The molecule has 2 heterocycles. The van der Waals surface area contributed by atoms with Crippen LogP contribution < -0.4 is 5.32 Å². The number of hydrogen-bond donors (Lipinski definition) is 2. The van der Waals surface area contributed by atoms with Gasteiger partial charge in [0.2, 0.25) is 0 Å². The van der Waals surface area contributed by atoms with E-state index in [9.17, 15) is 5.11 Å². The lowest BCUT2D eigenvalue weighted by atomic mass is 9.82. The molecule has 3 heteroatoms. The molecule has 2 aliphatic heterocycles. The van der Waals surface area contributed by atoms with E-state index in [1.54, 1.807) is 0 Å². The van der Waals surface area contributed by atoms with Gasteiger partial charge >= 0.3 is 0 Å². The van der Waals surface area contributed by atoms with Crippen LogP contribution in [-0.2, 0) is 0 Å². The van der Waals surface area contributed by atoms with E-state index in [1.165, 1.54) is 70.9 Å². The molecule has 0 amide bonds. The number of hydrogen-bond acceptors (Lipinski definition) is 3. The minimum Gasteiger partial charge on any atom is -0.396 e. The van der Waals surface area contributed by atoms with Gasteiger partial charge in [-0.25, -0.2) is 0 Å². The first-order valence-electron chi connectivity index (χ1n) is 8.98. The molecular weight excluding hydrogens is 248 g/mol. The summed E-state index contributed by atoms with van der Waals surface area (Å²) in [6.07, 6.45) is 13.4. The summed E-state index contributed by atoms with van der Waals surface area (Å²) >= 11 is 0. The van der Waals surface area contributed by atoms with Crippen LogP contribution in [0.2, 0.25) is 0 Å². The normalized spacial score (nSPS) is 34.0. The molecule has 3 atom stereocenters. The Balaban J connectivity index is 1.52. The fraction of sp³-hybridized carbons (Fsp3) is 1.00. The van der Waals surface area contributed by atoms with Gasteiger partial charge in [-0.1, -0.05) is 19.3 Å². The largest absolute Gasteiger partial charge is 0.396 e. The Bertz CT molecular complexity index is 291. The predicted molar refractivity (Wildman–Crippen MR) is 82.8 cm³/mol. The van der Waals surface area contributed by atoms with Crippen molar-refractivity contribution < 1.29 is 5.11 Å². The van der Waals surface area contributed by atoms with Crippen molar-refractivity contribution in [2.75, 3.05) is 19.7 Å². The van der Waals surface area contributed by atoms with Crippen LogP contribution in [0.1, 0.15) is 64.2 Å². The third-order valence-corrected chi connectivity index (χ3v) is 5.93. The first-order valence-corrected chi connectivity index (χ1v) is 8.98. The number of nitrogens with one attached hydrogen (secondary N) is 1. The van der Waals surface area contributed by atoms with Crippen LogP contribution in [-0.4, -0.2) is 47.8 Å².